The monoisotopic (exact) mass is 270 g/mol. The topological polar surface area (TPSA) is 53.0 Å². The maximum atomic E-state index is 12.1. The van der Waals surface area contributed by atoms with Crippen LogP contribution in [0.2, 0.25) is 0 Å². The molecule has 5 nitrogen and oxygen atoms in total. The highest BCUT2D eigenvalue weighted by atomic mass is 19.4. The summed E-state index contributed by atoms with van der Waals surface area (Å²) in [6.07, 6.45) is -7.39. The first-order chi connectivity index (χ1) is 8.34. The number of amides is 1. The van der Waals surface area contributed by atoms with Gasteiger partial charge in [-0.15, -0.1) is 0 Å². The van der Waals surface area contributed by atoms with Gasteiger partial charge in [0.2, 0.25) is 0 Å². The van der Waals surface area contributed by atoms with Gasteiger partial charge in [0.1, 0.15) is 0 Å². The molecule has 1 aliphatic heterocycles. The SMILES string of the molecule is CCOC(=O)N1CCN(CC(O)C(F)(F)F)CC1. The summed E-state index contributed by atoms with van der Waals surface area (Å²) < 4.78 is 41.2. The van der Waals surface area contributed by atoms with Crippen molar-refractivity contribution in [2.75, 3.05) is 39.3 Å². The highest BCUT2D eigenvalue weighted by molar-refractivity contribution is 5.67. The molecular weight excluding hydrogens is 253 g/mol. The van der Waals surface area contributed by atoms with Gasteiger partial charge in [0.25, 0.3) is 0 Å². The van der Waals surface area contributed by atoms with E-state index in [1.165, 1.54) is 9.80 Å². The Hall–Kier alpha value is -1.02. The molecule has 0 aromatic carbocycles. The number of hydrogen-bond donors (Lipinski definition) is 1. The predicted molar refractivity (Wildman–Crippen MR) is 57.1 cm³/mol. The van der Waals surface area contributed by atoms with Gasteiger partial charge >= 0.3 is 12.3 Å². The first-order valence-corrected chi connectivity index (χ1v) is 5.73. The molecule has 1 fully saturated rings. The molecule has 1 unspecified atom stereocenters. The molecule has 0 aromatic heterocycles. The third kappa shape index (κ3) is 4.34. The molecule has 0 saturated carbocycles. The van der Waals surface area contributed by atoms with Crippen molar-refractivity contribution < 1.29 is 27.8 Å². The van der Waals surface area contributed by atoms with Crippen molar-refractivity contribution in [2.45, 2.75) is 19.2 Å². The first-order valence-electron chi connectivity index (χ1n) is 5.73. The van der Waals surface area contributed by atoms with E-state index in [1.54, 1.807) is 6.92 Å². The summed E-state index contributed by atoms with van der Waals surface area (Å²) in [5.41, 5.74) is 0. The van der Waals surface area contributed by atoms with Crippen molar-refractivity contribution in [1.29, 1.82) is 0 Å². The van der Waals surface area contributed by atoms with Crippen molar-refractivity contribution >= 4 is 6.09 Å². The number of piperazine rings is 1. The molecule has 1 rings (SSSR count). The maximum Gasteiger partial charge on any atom is 0.415 e. The Kier molecular flexibility index (Phi) is 5.21. The largest absolute Gasteiger partial charge is 0.450 e. The van der Waals surface area contributed by atoms with E-state index in [0.717, 1.165) is 0 Å². The van der Waals surface area contributed by atoms with Gasteiger partial charge in [0, 0.05) is 32.7 Å². The van der Waals surface area contributed by atoms with E-state index in [2.05, 4.69) is 0 Å². The lowest BCUT2D eigenvalue weighted by atomic mass is 10.2. The smallest absolute Gasteiger partial charge is 0.415 e. The molecule has 1 atom stereocenters. The highest BCUT2D eigenvalue weighted by Crippen LogP contribution is 2.21. The van der Waals surface area contributed by atoms with E-state index in [0.29, 0.717) is 26.2 Å². The average molecular weight is 270 g/mol. The summed E-state index contributed by atoms with van der Waals surface area (Å²) in [5, 5.41) is 8.93. The maximum absolute atomic E-state index is 12.1. The van der Waals surface area contributed by atoms with Crippen molar-refractivity contribution in [1.82, 2.24) is 9.80 Å². The van der Waals surface area contributed by atoms with Gasteiger partial charge in [0.15, 0.2) is 6.10 Å². The molecule has 0 aromatic rings. The number of β-amino-alcohol motifs (C(OH)–C–C–N with tert-alkyl or cyclic N) is 1. The van der Waals surface area contributed by atoms with Crippen LogP contribution in [0.25, 0.3) is 0 Å². The zero-order valence-corrected chi connectivity index (χ0v) is 10.1. The molecule has 8 heteroatoms. The number of carbonyl (C=O) groups is 1. The van der Waals surface area contributed by atoms with Gasteiger partial charge in [0.05, 0.1) is 6.61 Å². The van der Waals surface area contributed by atoms with Gasteiger partial charge in [-0.3, -0.25) is 4.90 Å². The summed E-state index contributed by atoms with van der Waals surface area (Å²) in [5.74, 6) is 0. The molecule has 18 heavy (non-hydrogen) atoms. The number of halogens is 3. The molecular formula is C10H17F3N2O3. The van der Waals surface area contributed by atoms with Gasteiger partial charge in [-0.2, -0.15) is 13.2 Å². The number of aliphatic hydroxyl groups is 1. The predicted octanol–water partition coefficient (Wildman–Crippen LogP) is 0.684. The highest BCUT2D eigenvalue weighted by Gasteiger charge is 2.39. The third-order valence-corrected chi connectivity index (χ3v) is 2.71. The van der Waals surface area contributed by atoms with E-state index in [4.69, 9.17) is 9.84 Å². The van der Waals surface area contributed by atoms with Crippen LogP contribution in [-0.4, -0.2) is 72.6 Å². The van der Waals surface area contributed by atoms with Crippen LogP contribution in [-0.2, 0) is 4.74 Å². The Morgan fingerprint density at radius 1 is 1.33 bits per heavy atom. The minimum atomic E-state index is -4.60. The van der Waals surface area contributed by atoms with Crippen LogP contribution < -0.4 is 0 Å². The Morgan fingerprint density at radius 2 is 1.89 bits per heavy atom. The van der Waals surface area contributed by atoms with Crippen molar-refractivity contribution in [3.05, 3.63) is 0 Å². The van der Waals surface area contributed by atoms with E-state index in [-0.39, 0.29) is 6.61 Å². The van der Waals surface area contributed by atoms with Crippen LogP contribution in [0.3, 0.4) is 0 Å². The summed E-state index contributed by atoms with van der Waals surface area (Å²) in [4.78, 5) is 14.3. The molecule has 0 radical (unpaired) electrons. The Morgan fingerprint density at radius 3 is 2.33 bits per heavy atom. The van der Waals surface area contributed by atoms with Crippen LogP contribution in [0.1, 0.15) is 6.92 Å². The van der Waals surface area contributed by atoms with Gasteiger partial charge in [-0.05, 0) is 6.92 Å². The van der Waals surface area contributed by atoms with Gasteiger partial charge in [-0.25, -0.2) is 4.79 Å². The van der Waals surface area contributed by atoms with Crippen LogP contribution in [0.15, 0.2) is 0 Å². The number of alkyl halides is 3. The Balaban J connectivity index is 2.33. The molecule has 0 spiro atoms. The van der Waals surface area contributed by atoms with E-state index in [9.17, 15) is 18.0 Å². The summed E-state index contributed by atoms with van der Waals surface area (Å²) in [6, 6.07) is 0. The number of carbonyl (C=O) groups excluding carboxylic acids is 1. The molecule has 1 aliphatic rings. The van der Waals surface area contributed by atoms with Crippen molar-refractivity contribution in [3.8, 4) is 0 Å². The fraction of sp³-hybridized carbons (Fsp3) is 0.900. The standard InChI is InChI=1S/C10H17F3N2O3/c1-2-18-9(17)15-5-3-14(4-6-15)7-8(16)10(11,12)13/h8,16H,2-7H2,1H3. The molecule has 1 heterocycles. The normalized spacial score (nSPS) is 19.7. The number of ether oxygens (including phenoxy) is 1. The molecule has 1 saturated heterocycles. The molecule has 1 N–H and O–H groups in total. The lowest BCUT2D eigenvalue weighted by Gasteiger charge is -2.35. The first kappa shape index (κ1) is 15.0. The minimum absolute atomic E-state index is 0.270. The van der Waals surface area contributed by atoms with Crippen LogP contribution in [0.5, 0.6) is 0 Å². The molecule has 1 amide bonds. The van der Waals surface area contributed by atoms with Crippen molar-refractivity contribution in [3.63, 3.8) is 0 Å². The Bertz CT molecular complexity index is 278. The van der Waals surface area contributed by atoms with E-state index in [1.807, 2.05) is 0 Å². The second-order valence-corrected chi connectivity index (χ2v) is 4.04. The van der Waals surface area contributed by atoms with Gasteiger partial charge in [-0.1, -0.05) is 0 Å². The second kappa shape index (κ2) is 6.24. The third-order valence-electron chi connectivity index (χ3n) is 2.71. The fourth-order valence-electron chi connectivity index (χ4n) is 1.68. The summed E-state index contributed by atoms with van der Waals surface area (Å²) >= 11 is 0. The van der Waals surface area contributed by atoms with Crippen molar-refractivity contribution in [2.24, 2.45) is 0 Å². The van der Waals surface area contributed by atoms with Crippen LogP contribution in [0.4, 0.5) is 18.0 Å². The number of hydrogen-bond acceptors (Lipinski definition) is 4. The van der Waals surface area contributed by atoms with Crippen LogP contribution in [0, 0.1) is 0 Å². The van der Waals surface area contributed by atoms with Gasteiger partial charge < -0.3 is 14.7 Å². The van der Waals surface area contributed by atoms with E-state index >= 15 is 0 Å². The molecule has 106 valence electrons. The number of nitrogens with zero attached hydrogens (tertiary/aromatic N) is 2. The van der Waals surface area contributed by atoms with Crippen LogP contribution >= 0.6 is 0 Å². The zero-order valence-electron chi connectivity index (χ0n) is 10.1. The lowest BCUT2D eigenvalue weighted by Crippen LogP contribution is -2.52. The number of rotatable bonds is 3. The second-order valence-electron chi connectivity index (χ2n) is 4.04. The average Bonchev–Trinajstić information content (AvgIpc) is 2.29. The van der Waals surface area contributed by atoms with E-state index < -0.39 is 24.9 Å². The zero-order chi connectivity index (χ0) is 13.8. The minimum Gasteiger partial charge on any atom is -0.450 e. The lowest BCUT2D eigenvalue weighted by molar-refractivity contribution is -0.208. The quantitative estimate of drug-likeness (QED) is 0.819. The summed E-state index contributed by atoms with van der Waals surface area (Å²) in [7, 11) is 0. The molecule has 0 aliphatic carbocycles. The fourth-order valence-corrected chi connectivity index (χ4v) is 1.68. The Labute approximate surface area is 103 Å². The number of aliphatic hydroxyl groups excluding tert-OH is 1. The molecule has 0 bridgehead atoms. The summed E-state index contributed by atoms with van der Waals surface area (Å²) in [6.45, 7) is 2.71.